The van der Waals surface area contributed by atoms with Gasteiger partial charge in [0.1, 0.15) is 5.75 Å². The molecule has 0 aliphatic heterocycles. The summed E-state index contributed by atoms with van der Waals surface area (Å²) in [4.78, 5) is 1.33. The Bertz CT molecular complexity index is 515. The van der Waals surface area contributed by atoms with Gasteiger partial charge in [0, 0.05) is 10.9 Å². The first-order valence-electron chi connectivity index (χ1n) is 7.43. The molecule has 1 N–H and O–H groups in total. The van der Waals surface area contributed by atoms with Crippen molar-refractivity contribution in [3.05, 3.63) is 51.7 Å². The minimum absolute atomic E-state index is 0.434. The predicted octanol–water partition coefficient (Wildman–Crippen LogP) is 4.78. The first-order chi connectivity index (χ1) is 10.3. The zero-order valence-electron chi connectivity index (χ0n) is 12.3. The summed E-state index contributed by atoms with van der Waals surface area (Å²) in [5.74, 6) is 0.936. The average Bonchev–Trinajstić information content (AvgIpc) is 2.91. The first kappa shape index (κ1) is 16.3. The van der Waals surface area contributed by atoms with Crippen LogP contribution in [0.5, 0.6) is 5.75 Å². The molecule has 1 aromatic carbocycles. The number of thiophene rings is 1. The second-order valence-electron chi connectivity index (χ2n) is 5.01. The Labute approximate surface area is 136 Å². The summed E-state index contributed by atoms with van der Waals surface area (Å²) in [5, 5.41) is 3.60. The molecule has 0 saturated heterocycles. The fraction of sp³-hybridized carbons (Fsp3) is 0.412. The lowest BCUT2D eigenvalue weighted by molar-refractivity contribution is 0.285. The maximum Gasteiger partial charge on any atom is 0.119 e. The lowest BCUT2D eigenvalue weighted by atomic mass is 10.1. The minimum atomic E-state index is 0.434. The van der Waals surface area contributed by atoms with Crippen molar-refractivity contribution in [2.45, 2.75) is 32.2 Å². The van der Waals surface area contributed by atoms with E-state index in [1.54, 1.807) is 11.3 Å². The van der Waals surface area contributed by atoms with Gasteiger partial charge in [0.05, 0.1) is 10.9 Å². The van der Waals surface area contributed by atoms with E-state index < -0.39 is 0 Å². The molecule has 0 aliphatic carbocycles. The van der Waals surface area contributed by atoms with Gasteiger partial charge in [-0.25, -0.2) is 0 Å². The Balaban J connectivity index is 1.81. The molecule has 1 heterocycles. The summed E-state index contributed by atoms with van der Waals surface area (Å²) in [5.41, 5.74) is 0. The molecule has 2 rings (SSSR count). The lowest BCUT2D eigenvalue weighted by Crippen LogP contribution is -2.33. The first-order valence-corrected chi connectivity index (χ1v) is 8.63. The predicted molar refractivity (Wildman–Crippen MR) is 91.7 cm³/mol. The van der Waals surface area contributed by atoms with Crippen LogP contribution in [0, 0.1) is 0 Å². The van der Waals surface area contributed by atoms with E-state index in [2.05, 4.69) is 18.3 Å². The topological polar surface area (TPSA) is 21.3 Å². The highest BCUT2D eigenvalue weighted by molar-refractivity contribution is 7.16. The Hall–Kier alpha value is -1.03. The molecule has 2 nitrogen and oxygen atoms in total. The SMILES string of the molecule is CCCNC(CCOc1ccccc1)Cc1ccc(Cl)s1. The van der Waals surface area contributed by atoms with E-state index in [1.807, 2.05) is 36.4 Å². The second-order valence-corrected chi connectivity index (χ2v) is 6.81. The van der Waals surface area contributed by atoms with Gasteiger partial charge in [-0.1, -0.05) is 36.7 Å². The maximum absolute atomic E-state index is 6.01. The van der Waals surface area contributed by atoms with Crippen molar-refractivity contribution in [2.24, 2.45) is 0 Å². The van der Waals surface area contributed by atoms with Crippen molar-refractivity contribution in [1.82, 2.24) is 5.32 Å². The van der Waals surface area contributed by atoms with Crippen LogP contribution in [0.25, 0.3) is 0 Å². The summed E-state index contributed by atoms with van der Waals surface area (Å²) in [6.45, 7) is 3.95. The summed E-state index contributed by atoms with van der Waals surface area (Å²) in [6, 6.07) is 14.5. The Morgan fingerprint density at radius 1 is 1.19 bits per heavy atom. The maximum atomic E-state index is 6.01. The van der Waals surface area contributed by atoms with Gasteiger partial charge >= 0.3 is 0 Å². The molecule has 114 valence electrons. The van der Waals surface area contributed by atoms with Crippen LogP contribution in [0.1, 0.15) is 24.6 Å². The van der Waals surface area contributed by atoms with Crippen LogP contribution in [0.3, 0.4) is 0 Å². The number of hydrogen-bond donors (Lipinski definition) is 1. The van der Waals surface area contributed by atoms with Gasteiger partial charge in [0.25, 0.3) is 0 Å². The van der Waals surface area contributed by atoms with Crippen molar-refractivity contribution in [3.63, 3.8) is 0 Å². The highest BCUT2D eigenvalue weighted by atomic mass is 35.5. The monoisotopic (exact) mass is 323 g/mol. The molecular formula is C17H22ClNOS. The van der Waals surface area contributed by atoms with E-state index in [1.165, 1.54) is 4.88 Å². The molecule has 0 bridgehead atoms. The number of rotatable bonds is 9. The minimum Gasteiger partial charge on any atom is -0.494 e. The molecular weight excluding hydrogens is 302 g/mol. The summed E-state index contributed by atoms with van der Waals surface area (Å²) >= 11 is 7.67. The van der Waals surface area contributed by atoms with Gasteiger partial charge in [0.2, 0.25) is 0 Å². The lowest BCUT2D eigenvalue weighted by Gasteiger charge is -2.18. The van der Waals surface area contributed by atoms with Crippen LogP contribution < -0.4 is 10.1 Å². The van der Waals surface area contributed by atoms with E-state index in [9.17, 15) is 0 Å². The molecule has 1 unspecified atom stereocenters. The Kier molecular flexibility index (Phi) is 7.07. The Morgan fingerprint density at radius 2 is 2.00 bits per heavy atom. The van der Waals surface area contributed by atoms with E-state index in [0.29, 0.717) is 6.04 Å². The second kappa shape index (κ2) is 9.08. The molecule has 21 heavy (non-hydrogen) atoms. The van der Waals surface area contributed by atoms with Crippen molar-refractivity contribution >= 4 is 22.9 Å². The van der Waals surface area contributed by atoms with E-state index in [-0.39, 0.29) is 0 Å². The third kappa shape index (κ3) is 6.08. The fourth-order valence-electron chi connectivity index (χ4n) is 2.16. The van der Waals surface area contributed by atoms with Crippen molar-refractivity contribution in [1.29, 1.82) is 0 Å². The molecule has 0 saturated carbocycles. The van der Waals surface area contributed by atoms with Crippen LogP contribution in [-0.2, 0) is 6.42 Å². The van der Waals surface area contributed by atoms with E-state index in [4.69, 9.17) is 16.3 Å². The third-order valence-electron chi connectivity index (χ3n) is 3.24. The normalized spacial score (nSPS) is 12.3. The third-order valence-corrected chi connectivity index (χ3v) is 4.49. The number of halogens is 1. The Morgan fingerprint density at radius 3 is 2.67 bits per heavy atom. The van der Waals surface area contributed by atoms with Crippen LogP contribution in [0.2, 0.25) is 4.34 Å². The van der Waals surface area contributed by atoms with Gasteiger partial charge in [0.15, 0.2) is 0 Å². The van der Waals surface area contributed by atoms with Crippen LogP contribution in [-0.4, -0.2) is 19.2 Å². The summed E-state index contributed by atoms with van der Waals surface area (Å²) in [6.07, 6.45) is 3.14. The smallest absolute Gasteiger partial charge is 0.119 e. The molecule has 0 radical (unpaired) electrons. The highest BCUT2D eigenvalue weighted by Crippen LogP contribution is 2.23. The summed E-state index contributed by atoms with van der Waals surface area (Å²) in [7, 11) is 0. The van der Waals surface area contributed by atoms with Gasteiger partial charge in [-0.15, -0.1) is 11.3 Å². The van der Waals surface area contributed by atoms with Gasteiger partial charge in [-0.05, 0) is 50.1 Å². The quantitative estimate of drug-likeness (QED) is 0.717. The molecule has 2 aromatic rings. The molecule has 0 aliphatic rings. The number of benzene rings is 1. The largest absolute Gasteiger partial charge is 0.494 e. The number of nitrogens with one attached hydrogen (secondary N) is 1. The summed E-state index contributed by atoms with van der Waals surface area (Å²) < 4.78 is 6.66. The van der Waals surface area contributed by atoms with Crippen molar-refractivity contribution < 1.29 is 4.74 Å². The number of ether oxygens (including phenoxy) is 1. The zero-order chi connectivity index (χ0) is 14.9. The molecule has 1 aromatic heterocycles. The number of para-hydroxylation sites is 1. The van der Waals surface area contributed by atoms with Gasteiger partial charge in [-0.2, -0.15) is 0 Å². The van der Waals surface area contributed by atoms with Crippen molar-refractivity contribution in [2.75, 3.05) is 13.2 Å². The van der Waals surface area contributed by atoms with Gasteiger partial charge in [-0.3, -0.25) is 0 Å². The molecule has 0 amide bonds. The van der Waals surface area contributed by atoms with E-state index in [0.717, 1.165) is 42.5 Å². The fourth-order valence-corrected chi connectivity index (χ4v) is 3.33. The highest BCUT2D eigenvalue weighted by Gasteiger charge is 2.11. The van der Waals surface area contributed by atoms with Crippen LogP contribution in [0.4, 0.5) is 0 Å². The standard InChI is InChI=1S/C17H22ClNOS/c1-2-11-19-14(13-16-8-9-17(18)21-16)10-12-20-15-6-4-3-5-7-15/h3-9,14,19H,2,10-13H2,1H3. The number of hydrogen-bond acceptors (Lipinski definition) is 3. The van der Waals surface area contributed by atoms with E-state index >= 15 is 0 Å². The van der Waals surface area contributed by atoms with Crippen molar-refractivity contribution in [3.8, 4) is 5.75 Å². The molecule has 0 spiro atoms. The zero-order valence-corrected chi connectivity index (χ0v) is 13.9. The van der Waals surface area contributed by atoms with Gasteiger partial charge < -0.3 is 10.1 Å². The average molecular weight is 324 g/mol. The van der Waals surface area contributed by atoms with Crippen LogP contribution in [0.15, 0.2) is 42.5 Å². The molecule has 0 fully saturated rings. The molecule has 1 atom stereocenters. The van der Waals surface area contributed by atoms with Crippen LogP contribution >= 0.6 is 22.9 Å². The molecule has 4 heteroatoms.